The SMILES string of the molecule is COc1ccc(NC(=O)c2cccs2)cc1N1CCCN(Cc2cccc(Cl)c2)C1=O. The lowest BCUT2D eigenvalue weighted by Crippen LogP contribution is -2.49. The zero-order valence-electron chi connectivity index (χ0n) is 17.0. The van der Waals surface area contributed by atoms with Crippen LogP contribution in [0.25, 0.3) is 0 Å². The van der Waals surface area contributed by atoms with Gasteiger partial charge in [0.15, 0.2) is 0 Å². The number of carbonyl (C=O) groups is 2. The lowest BCUT2D eigenvalue weighted by Gasteiger charge is -2.36. The average molecular weight is 456 g/mol. The van der Waals surface area contributed by atoms with Crippen LogP contribution in [0, 0.1) is 0 Å². The third kappa shape index (κ3) is 4.84. The monoisotopic (exact) mass is 455 g/mol. The van der Waals surface area contributed by atoms with Crippen LogP contribution in [0.15, 0.2) is 60.0 Å². The summed E-state index contributed by atoms with van der Waals surface area (Å²) in [7, 11) is 1.57. The highest BCUT2D eigenvalue weighted by Crippen LogP contribution is 2.34. The van der Waals surface area contributed by atoms with Gasteiger partial charge in [-0.2, -0.15) is 0 Å². The largest absolute Gasteiger partial charge is 0.495 e. The Morgan fingerprint density at radius 1 is 1.16 bits per heavy atom. The molecule has 0 saturated carbocycles. The molecule has 1 fully saturated rings. The number of nitrogens with one attached hydrogen (secondary N) is 1. The summed E-state index contributed by atoms with van der Waals surface area (Å²) in [6.45, 7) is 1.72. The number of benzene rings is 2. The zero-order valence-corrected chi connectivity index (χ0v) is 18.6. The molecule has 1 saturated heterocycles. The molecule has 3 aromatic rings. The number of amides is 3. The Kier molecular flexibility index (Phi) is 6.44. The summed E-state index contributed by atoms with van der Waals surface area (Å²) < 4.78 is 5.51. The van der Waals surface area contributed by atoms with Crippen molar-refractivity contribution in [2.24, 2.45) is 0 Å². The van der Waals surface area contributed by atoms with Crippen LogP contribution >= 0.6 is 22.9 Å². The first-order valence-electron chi connectivity index (χ1n) is 9.89. The molecule has 1 aromatic heterocycles. The minimum Gasteiger partial charge on any atom is -0.495 e. The predicted molar refractivity (Wildman–Crippen MR) is 124 cm³/mol. The molecule has 4 rings (SSSR count). The summed E-state index contributed by atoms with van der Waals surface area (Å²) in [4.78, 5) is 29.8. The fourth-order valence-corrected chi connectivity index (χ4v) is 4.42. The summed E-state index contributed by atoms with van der Waals surface area (Å²) in [5.74, 6) is 0.394. The highest BCUT2D eigenvalue weighted by Gasteiger charge is 2.29. The Morgan fingerprint density at radius 2 is 2.03 bits per heavy atom. The number of hydrogen-bond donors (Lipinski definition) is 1. The maximum atomic E-state index is 13.3. The highest BCUT2D eigenvalue weighted by molar-refractivity contribution is 7.12. The second kappa shape index (κ2) is 9.41. The number of nitrogens with zero attached hydrogens (tertiary/aromatic N) is 2. The predicted octanol–water partition coefficient (Wildman–Crippen LogP) is 5.49. The number of urea groups is 1. The van der Waals surface area contributed by atoms with Crippen LogP contribution in [-0.2, 0) is 6.54 Å². The normalized spacial score (nSPS) is 13.9. The van der Waals surface area contributed by atoms with E-state index in [1.165, 1.54) is 11.3 Å². The molecular weight excluding hydrogens is 434 g/mol. The van der Waals surface area contributed by atoms with E-state index < -0.39 is 0 Å². The van der Waals surface area contributed by atoms with E-state index in [1.54, 1.807) is 41.2 Å². The first kappa shape index (κ1) is 21.2. The molecule has 0 aliphatic carbocycles. The Hall–Kier alpha value is -3.03. The van der Waals surface area contributed by atoms with Gasteiger partial charge in [-0.1, -0.05) is 29.8 Å². The molecule has 3 amide bonds. The molecule has 2 aromatic carbocycles. The Labute approximate surface area is 190 Å². The van der Waals surface area contributed by atoms with E-state index in [0.29, 0.717) is 46.7 Å². The van der Waals surface area contributed by atoms with Crippen molar-refractivity contribution in [2.75, 3.05) is 30.4 Å². The van der Waals surface area contributed by atoms with Crippen molar-refractivity contribution in [1.82, 2.24) is 4.90 Å². The van der Waals surface area contributed by atoms with E-state index in [0.717, 1.165) is 12.0 Å². The van der Waals surface area contributed by atoms with Crippen molar-refractivity contribution in [3.63, 3.8) is 0 Å². The van der Waals surface area contributed by atoms with Gasteiger partial charge >= 0.3 is 6.03 Å². The summed E-state index contributed by atoms with van der Waals surface area (Å²) in [5.41, 5.74) is 2.22. The second-order valence-electron chi connectivity index (χ2n) is 7.16. The van der Waals surface area contributed by atoms with Crippen molar-refractivity contribution in [3.05, 3.63) is 75.4 Å². The number of hydrogen-bond acceptors (Lipinski definition) is 4. The number of carbonyl (C=O) groups excluding carboxylic acids is 2. The molecule has 8 heteroatoms. The summed E-state index contributed by atoms with van der Waals surface area (Å²) in [6, 6.07) is 16.3. The van der Waals surface area contributed by atoms with Gasteiger partial charge in [0, 0.05) is 30.3 Å². The lowest BCUT2D eigenvalue weighted by atomic mass is 10.1. The standard InChI is InChI=1S/C23H22ClN3O3S/c1-30-20-9-8-18(25-22(28)21-7-3-12-31-21)14-19(20)27-11-4-10-26(23(27)29)15-16-5-2-6-17(24)13-16/h2-3,5-9,12-14H,4,10-11,15H2,1H3,(H,25,28). The Bertz CT molecular complexity index is 1090. The quantitative estimate of drug-likeness (QED) is 0.534. The van der Waals surface area contributed by atoms with E-state index in [9.17, 15) is 9.59 Å². The molecule has 0 atom stereocenters. The van der Waals surface area contributed by atoms with Crippen molar-refractivity contribution in [3.8, 4) is 5.75 Å². The molecule has 2 heterocycles. The first-order chi connectivity index (χ1) is 15.0. The second-order valence-corrected chi connectivity index (χ2v) is 8.54. The van der Waals surface area contributed by atoms with Gasteiger partial charge in [0.25, 0.3) is 5.91 Å². The van der Waals surface area contributed by atoms with Gasteiger partial charge in [-0.3, -0.25) is 9.69 Å². The van der Waals surface area contributed by atoms with Gasteiger partial charge in [-0.25, -0.2) is 4.79 Å². The summed E-state index contributed by atoms with van der Waals surface area (Å²) >= 11 is 7.47. The van der Waals surface area contributed by atoms with Crippen LogP contribution in [0.5, 0.6) is 5.75 Å². The van der Waals surface area contributed by atoms with E-state index in [-0.39, 0.29) is 11.9 Å². The van der Waals surface area contributed by atoms with Gasteiger partial charge in [0.1, 0.15) is 5.75 Å². The van der Waals surface area contributed by atoms with E-state index in [4.69, 9.17) is 16.3 Å². The minimum atomic E-state index is -0.182. The molecular formula is C23H22ClN3O3S. The Balaban J connectivity index is 1.56. The Morgan fingerprint density at radius 3 is 2.77 bits per heavy atom. The zero-order chi connectivity index (χ0) is 21.8. The van der Waals surface area contributed by atoms with Gasteiger partial charge in [0.2, 0.25) is 0 Å². The van der Waals surface area contributed by atoms with Crippen LogP contribution in [-0.4, -0.2) is 37.0 Å². The number of anilines is 2. The van der Waals surface area contributed by atoms with Crippen molar-refractivity contribution < 1.29 is 14.3 Å². The smallest absolute Gasteiger partial charge is 0.324 e. The molecule has 31 heavy (non-hydrogen) atoms. The summed E-state index contributed by atoms with van der Waals surface area (Å²) in [6.07, 6.45) is 0.821. The molecule has 0 spiro atoms. The van der Waals surface area contributed by atoms with E-state index in [2.05, 4.69) is 5.32 Å². The number of methoxy groups -OCH3 is 1. The highest BCUT2D eigenvalue weighted by atomic mass is 35.5. The van der Waals surface area contributed by atoms with Crippen LogP contribution in [0.2, 0.25) is 5.02 Å². The van der Waals surface area contributed by atoms with Gasteiger partial charge in [0.05, 0.1) is 17.7 Å². The fourth-order valence-electron chi connectivity index (χ4n) is 3.59. The van der Waals surface area contributed by atoms with Crippen molar-refractivity contribution in [2.45, 2.75) is 13.0 Å². The molecule has 1 aliphatic rings. The maximum Gasteiger partial charge on any atom is 0.324 e. The maximum absolute atomic E-state index is 13.3. The lowest BCUT2D eigenvalue weighted by molar-refractivity contribution is 0.103. The first-order valence-corrected chi connectivity index (χ1v) is 11.1. The van der Waals surface area contributed by atoms with Crippen LogP contribution < -0.4 is 15.0 Å². The third-order valence-corrected chi connectivity index (χ3v) is 6.15. The van der Waals surface area contributed by atoms with Crippen molar-refractivity contribution >= 4 is 46.3 Å². The van der Waals surface area contributed by atoms with Gasteiger partial charge < -0.3 is 15.0 Å². The minimum absolute atomic E-state index is 0.105. The van der Waals surface area contributed by atoms with Crippen LogP contribution in [0.3, 0.4) is 0 Å². The topological polar surface area (TPSA) is 61.9 Å². The molecule has 1 N–H and O–H groups in total. The van der Waals surface area contributed by atoms with E-state index >= 15 is 0 Å². The molecule has 6 nitrogen and oxygen atoms in total. The molecule has 0 bridgehead atoms. The van der Waals surface area contributed by atoms with Gasteiger partial charge in [-0.15, -0.1) is 11.3 Å². The molecule has 0 radical (unpaired) electrons. The molecule has 1 aliphatic heterocycles. The average Bonchev–Trinajstić information content (AvgIpc) is 3.30. The number of halogens is 1. The van der Waals surface area contributed by atoms with Crippen LogP contribution in [0.4, 0.5) is 16.2 Å². The molecule has 0 unspecified atom stereocenters. The third-order valence-electron chi connectivity index (χ3n) is 5.05. The van der Waals surface area contributed by atoms with Crippen molar-refractivity contribution in [1.29, 1.82) is 0 Å². The number of thiophene rings is 1. The summed E-state index contributed by atoms with van der Waals surface area (Å²) in [5, 5.41) is 5.40. The van der Waals surface area contributed by atoms with Crippen LogP contribution in [0.1, 0.15) is 21.7 Å². The number of rotatable bonds is 6. The van der Waals surface area contributed by atoms with Gasteiger partial charge in [-0.05, 0) is 53.8 Å². The van der Waals surface area contributed by atoms with E-state index in [1.807, 2.05) is 35.7 Å². The fraction of sp³-hybridized carbons (Fsp3) is 0.217. The molecule has 160 valence electrons. The number of ether oxygens (including phenoxy) is 1.